The van der Waals surface area contributed by atoms with E-state index in [-0.39, 0.29) is 17.7 Å². The van der Waals surface area contributed by atoms with Gasteiger partial charge in [0.2, 0.25) is 11.8 Å². The molecule has 2 aromatic heterocycles. The normalized spacial score (nSPS) is 12.4. The van der Waals surface area contributed by atoms with Crippen molar-refractivity contribution in [3.05, 3.63) is 58.4 Å². The molecule has 3 aromatic rings. The van der Waals surface area contributed by atoms with E-state index in [1.54, 1.807) is 17.4 Å². The highest BCUT2D eigenvalue weighted by molar-refractivity contribution is 7.17. The fourth-order valence-corrected chi connectivity index (χ4v) is 3.77. The summed E-state index contributed by atoms with van der Waals surface area (Å²) in [5.74, 6) is -0.211. The lowest BCUT2D eigenvalue weighted by Gasteiger charge is -2.11. The monoisotopic (exact) mass is 410 g/mol. The number of thiazole rings is 1. The van der Waals surface area contributed by atoms with Gasteiger partial charge in [0.15, 0.2) is 4.96 Å². The average Bonchev–Trinajstić information content (AvgIpc) is 3.18. The minimum Gasteiger partial charge on any atom is -0.348 e. The van der Waals surface area contributed by atoms with Gasteiger partial charge in [-0.2, -0.15) is 0 Å². The van der Waals surface area contributed by atoms with E-state index in [0.29, 0.717) is 6.54 Å². The lowest BCUT2D eigenvalue weighted by molar-refractivity contribution is -0.119. The molecule has 29 heavy (non-hydrogen) atoms. The van der Waals surface area contributed by atoms with Crippen molar-refractivity contribution in [2.24, 2.45) is 5.92 Å². The fourth-order valence-electron chi connectivity index (χ4n) is 2.89. The fraction of sp³-hybridized carbons (Fsp3) is 0.318. The van der Waals surface area contributed by atoms with Gasteiger partial charge in [-0.15, -0.1) is 11.3 Å². The van der Waals surface area contributed by atoms with Crippen LogP contribution in [0.2, 0.25) is 0 Å². The second-order valence-electron chi connectivity index (χ2n) is 7.13. The molecule has 2 heterocycles. The Hall–Kier alpha value is -2.93. The second-order valence-corrected chi connectivity index (χ2v) is 8.34. The first kappa shape index (κ1) is 20.8. The van der Waals surface area contributed by atoms with Crippen molar-refractivity contribution in [3.63, 3.8) is 0 Å². The Morgan fingerprint density at radius 3 is 2.86 bits per heavy atom. The van der Waals surface area contributed by atoms with Gasteiger partial charge in [0.1, 0.15) is 0 Å². The lowest BCUT2D eigenvalue weighted by Crippen LogP contribution is -2.21. The lowest BCUT2D eigenvalue weighted by atomic mass is 10.1. The maximum atomic E-state index is 12.3. The quantitative estimate of drug-likeness (QED) is 0.570. The van der Waals surface area contributed by atoms with E-state index in [4.69, 9.17) is 0 Å². The van der Waals surface area contributed by atoms with Gasteiger partial charge in [0.25, 0.3) is 0 Å². The van der Waals surface area contributed by atoms with Crippen molar-refractivity contribution in [2.75, 3.05) is 5.32 Å². The van der Waals surface area contributed by atoms with Crippen molar-refractivity contribution in [3.8, 4) is 0 Å². The van der Waals surface area contributed by atoms with Crippen LogP contribution in [0.5, 0.6) is 0 Å². The molecule has 1 atom stereocenters. The molecule has 1 aromatic carbocycles. The van der Waals surface area contributed by atoms with Gasteiger partial charge in [0, 0.05) is 35.3 Å². The molecule has 0 spiro atoms. The van der Waals surface area contributed by atoms with E-state index in [0.717, 1.165) is 34.0 Å². The number of anilines is 1. The predicted octanol–water partition coefficient (Wildman–Crippen LogP) is 4.33. The smallest absolute Gasteiger partial charge is 0.244 e. The molecule has 7 heteroatoms. The molecule has 0 aliphatic carbocycles. The molecule has 2 amide bonds. The summed E-state index contributed by atoms with van der Waals surface area (Å²) >= 11 is 1.62. The van der Waals surface area contributed by atoms with Crippen molar-refractivity contribution < 1.29 is 9.59 Å². The summed E-state index contributed by atoms with van der Waals surface area (Å²) in [4.78, 5) is 30.9. The first-order valence-electron chi connectivity index (χ1n) is 9.68. The number of benzene rings is 1. The van der Waals surface area contributed by atoms with Crippen molar-refractivity contribution in [1.82, 2.24) is 14.7 Å². The molecule has 0 saturated heterocycles. The van der Waals surface area contributed by atoms with Gasteiger partial charge < -0.3 is 10.6 Å². The van der Waals surface area contributed by atoms with E-state index < -0.39 is 0 Å². The van der Waals surface area contributed by atoms with Gasteiger partial charge in [-0.25, -0.2) is 4.98 Å². The zero-order valence-corrected chi connectivity index (χ0v) is 18.0. The number of fused-ring (bicyclic) bond motifs is 1. The van der Waals surface area contributed by atoms with Crippen LogP contribution in [0.1, 0.15) is 42.1 Å². The Balaban J connectivity index is 1.60. The molecule has 0 bridgehead atoms. The van der Waals surface area contributed by atoms with Gasteiger partial charge in [-0.1, -0.05) is 26.0 Å². The van der Waals surface area contributed by atoms with Crippen LogP contribution < -0.4 is 10.6 Å². The summed E-state index contributed by atoms with van der Waals surface area (Å²) in [6.45, 7) is 8.24. The molecule has 152 valence electrons. The van der Waals surface area contributed by atoms with Crippen LogP contribution in [0.4, 0.5) is 5.69 Å². The van der Waals surface area contributed by atoms with Gasteiger partial charge in [-0.3, -0.25) is 14.0 Å². The zero-order chi connectivity index (χ0) is 21.0. The number of carbonyl (C=O) groups excluding carboxylic acids is 2. The number of hydrogen-bond acceptors (Lipinski definition) is 4. The molecule has 0 radical (unpaired) electrons. The van der Waals surface area contributed by atoms with E-state index in [1.807, 2.05) is 62.6 Å². The summed E-state index contributed by atoms with van der Waals surface area (Å²) in [7, 11) is 0. The number of nitrogens with one attached hydrogen (secondary N) is 2. The zero-order valence-electron chi connectivity index (χ0n) is 17.2. The number of amides is 2. The van der Waals surface area contributed by atoms with E-state index in [1.165, 1.54) is 11.0 Å². The second kappa shape index (κ2) is 9.05. The highest BCUT2D eigenvalue weighted by atomic mass is 32.1. The van der Waals surface area contributed by atoms with E-state index in [2.05, 4.69) is 15.6 Å². The summed E-state index contributed by atoms with van der Waals surface area (Å²) in [6.07, 6.45) is 6.14. The number of hydrogen-bond donors (Lipinski definition) is 2. The SMILES string of the molecule is CC[C@@H](C)C(=O)Nc1cccc(CNC(=O)/C=C\c2c(C)nc3sc(C)cn23)c1. The van der Waals surface area contributed by atoms with Crippen molar-refractivity contribution in [1.29, 1.82) is 0 Å². The van der Waals surface area contributed by atoms with E-state index >= 15 is 0 Å². The molecule has 2 N–H and O–H groups in total. The molecular formula is C22H26N4O2S. The molecular weight excluding hydrogens is 384 g/mol. The molecule has 0 aliphatic heterocycles. The third kappa shape index (κ3) is 5.12. The van der Waals surface area contributed by atoms with Gasteiger partial charge in [-0.05, 0) is 44.0 Å². The first-order chi connectivity index (χ1) is 13.9. The average molecular weight is 411 g/mol. The molecule has 0 saturated carbocycles. The number of carbonyl (C=O) groups is 2. The molecule has 6 nitrogen and oxygen atoms in total. The van der Waals surface area contributed by atoms with Gasteiger partial charge in [0.05, 0.1) is 11.4 Å². The molecule has 0 unspecified atom stereocenters. The Bertz CT molecular complexity index is 1060. The Morgan fingerprint density at radius 2 is 2.10 bits per heavy atom. The third-order valence-electron chi connectivity index (χ3n) is 4.78. The summed E-state index contributed by atoms with van der Waals surface area (Å²) < 4.78 is 2.00. The number of nitrogens with zero attached hydrogens (tertiary/aromatic N) is 2. The standard InChI is InChI=1S/C22H26N4O2S/c1-5-14(2)21(28)25-18-8-6-7-17(11-18)12-23-20(27)10-9-19-16(4)24-22-26(19)13-15(3)29-22/h6-11,13-14H,5,12H2,1-4H3,(H,23,27)(H,25,28)/b10-9-/t14-/m1/s1. The highest BCUT2D eigenvalue weighted by Crippen LogP contribution is 2.21. The Kier molecular flexibility index (Phi) is 6.49. The van der Waals surface area contributed by atoms with Crippen LogP contribution in [0.25, 0.3) is 11.0 Å². The first-order valence-corrected chi connectivity index (χ1v) is 10.5. The summed E-state index contributed by atoms with van der Waals surface area (Å²) in [6, 6.07) is 7.52. The molecule has 0 fully saturated rings. The van der Waals surface area contributed by atoms with Crippen LogP contribution in [0.15, 0.2) is 36.5 Å². The van der Waals surface area contributed by atoms with Crippen molar-refractivity contribution in [2.45, 2.75) is 40.7 Å². The van der Waals surface area contributed by atoms with Crippen LogP contribution in [-0.4, -0.2) is 21.2 Å². The largest absolute Gasteiger partial charge is 0.348 e. The maximum Gasteiger partial charge on any atom is 0.244 e. The molecule has 0 aliphatic rings. The minimum absolute atomic E-state index is 0.00257. The topological polar surface area (TPSA) is 75.5 Å². The Morgan fingerprint density at radius 1 is 1.31 bits per heavy atom. The Labute approximate surface area is 174 Å². The maximum absolute atomic E-state index is 12.3. The van der Waals surface area contributed by atoms with Crippen LogP contribution in [-0.2, 0) is 16.1 Å². The van der Waals surface area contributed by atoms with Crippen LogP contribution in [0.3, 0.4) is 0 Å². The number of aromatic nitrogens is 2. The number of rotatable bonds is 7. The van der Waals surface area contributed by atoms with E-state index in [9.17, 15) is 9.59 Å². The van der Waals surface area contributed by atoms with Gasteiger partial charge >= 0.3 is 0 Å². The van der Waals surface area contributed by atoms with Crippen LogP contribution in [0, 0.1) is 19.8 Å². The summed E-state index contributed by atoms with van der Waals surface area (Å²) in [5, 5.41) is 5.80. The third-order valence-corrected chi connectivity index (χ3v) is 5.67. The summed E-state index contributed by atoms with van der Waals surface area (Å²) in [5.41, 5.74) is 3.46. The van der Waals surface area contributed by atoms with Crippen LogP contribution >= 0.6 is 11.3 Å². The number of aryl methyl sites for hydroxylation is 2. The minimum atomic E-state index is -0.180. The highest BCUT2D eigenvalue weighted by Gasteiger charge is 2.11. The van der Waals surface area contributed by atoms with Crippen molar-refractivity contribution >= 4 is 39.9 Å². The number of imidazole rings is 1. The predicted molar refractivity (Wildman–Crippen MR) is 118 cm³/mol. The molecule has 3 rings (SSSR count).